The van der Waals surface area contributed by atoms with Crippen LogP contribution in [0.3, 0.4) is 0 Å². The Bertz CT molecular complexity index is 1560. The Morgan fingerprint density at radius 2 is 2.08 bits per heavy atom. The van der Waals surface area contributed by atoms with Gasteiger partial charge in [-0.2, -0.15) is 4.98 Å². The normalized spacial score (nSPS) is 11.4. The predicted molar refractivity (Wildman–Crippen MR) is 137 cm³/mol. The van der Waals surface area contributed by atoms with E-state index in [1.807, 2.05) is 0 Å². The van der Waals surface area contributed by atoms with Crippen molar-refractivity contribution in [1.29, 1.82) is 0 Å². The molecule has 0 aliphatic carbocycles. The van der Waals surface area contributed by atoms with E-state index in [4.69, 9.17) is 14.7 Å². The number of hydrogen-bond acceptors (Lipinski definition) is 8. The number of thiazole rings is 1. The van der Waals surface area contributed by atoms with Gasteiger partial charge in [0.2, 0.25) is 5.91 Å². The lowest BCUT2D eigenvalue weighted by molar-refractivity contribution is -0.113. The number of aryl methyl sites for hydroxylation is 1. The first-order chi connectivity index (χ1) is 18.1. The minimum absolute atomic E-state index is 0.0220. The molecule has 0 atom stereocenters. The number of aromatic hydroxyl groups is 1. The van der Waals surface area contributed by atoms with Gasteiger partial charge in [-0.1, -0.05) is 17.4 Å². The molecule has 0 bridgehead atoms. The Balaban J connectivity index is 1.71. The maximum Gasteiger partial charge on any atom is 0.351 e. The zero-order chi connectivity index (χ0) is 27.8. The van der Waals surface area contributed by atoms with Gasteiger partial charge in [0.05, 0.1) is 4.88 Å². The summed E-state index contributed by atoms with van der Waals surface area (Å²) in [4.78, 5) is 43.3. The highest BCUT2D eigenvalue weighted by Crippen LogP contribution is 2.34. The molecule has 38 heavy (non-hydrogen) atoms. The highest BCUT2D eigenvalue weighted by molar-refractivity contribution is 9.10. The number of rotatable bonds is 10. The first kappa shape index (κ1) is 28.4. The molecule has 10 nitrogen and oxygen atoms in total. The molecule has 0 aliphatic heterocycles. The quantitative estimate of drug-likeness (QED) is 0.0677. The summed E-state index contributed by atoms with van der Waals surface area (Å²) < 4.78 is 37.4. The zero-order valence-electron chi connectivity index (χ0n) is 19.5. The molecule has 2 aromatic heterocycles. The van der Waals surface area contributed by atoms with Crippen LogP contribution in [0.5, 0.6) is 16.7 Å². The molecule has 0 radical (unpaired) electrons. The molecule has 0 fully saturated rings. The first-order valence-corrected chi connectivity index (χ1v) is 12.3. The van der Waals surface area contributed by atoms with Crippen molar-refractivity contribution < 1.29 is 32.6 Å². The molecule has 14 heteroatoms. The number of amides is 1. The third kappa shape index (κ3) is 7.44. The first-order valence-electron chi connectivity index (χ1n) is 10.7. The number of carbonyl (C=O) groups excluding carboxylic acids is 2. The van der Waals surface area contributed by atoms with Gasteiger partial charge in [-0.25, -0.2) is 13.6 Å². The third-order valence-electron chi connectivity index (χ3n) is 4.80. The summed E-state index contributed by atoms with van der Waals surface area (Å²) in [7, 11) is 0. The maximum atomic E-state index is 13.4. The van der Waals surface area contributed by atoms with Crippen molar-refractivity contribution in [3.05, 3.63) is 95.3 Å². The van der Waals surface area contributed by atoms with Crippen molar-refractivity contribution in [3.63, 3.8) is 0 Å². The fourth-order valence-corrected chi connectivity index (χ4v) is 4.51. The van der Waals surface area contributed by atoms with Crippen LogP contribution in [0.2, 0.25) is 0 Å². The Kier molecular flexibility index (Phi) is 9.66. The number of ketones is 1. The van der Waals surface area contributed by atoms with Gasteiger partial charge in [-0.15, -0.1) is 0 Å². The smallest absolute Gasteiger partial charge is 0.351 e. The van der Waals surface area contributed by atoms with Crippen LogP contribution in [0.4, 0.5) is 8.78 Å². The van der Waals surface area contributed by atoms with Gasteiger partial charge >= 0.3 is 5.63 Å². The molecular formula is C24H17BrF2N4O6S. The van der Waals surface area contributed by atoms with E-state index in [1.54, 1.807) is 0 Å². The number of halogens is 3. The second kappa shape index (κ2) is 12.9. The number of carbonyl (C=O) groups is 2. The highest BCUT2D eigenvalue weighted by Gasteiger charge is 2.21. The molecule has 1 N–H and O–H groups in total. The van der Waals surface area contributed by atoms with Crippen molar-refractivity contribution in [2.75, 3.05) is 0 Å². The summed E-state index contributed by atoms with van der Waals surface area (Å²) >= 11 is 4.23. The van der Waals surface area contributed by atoms with Gasteiger partial charge in [0, 0.05) is 23.5 Å². The van der Waals surface area contributed by atoms with Gasteiger partial charge in [0.15, 0.2) is 17.4 Å². The fourth-order valence-electron chi connectivity index (χ4n) is 3.04. The van der Waals surface area contributed by atoms with E-state index in [-0.39, 0.29) is 28.7 Å². The number of allylic oxidation sites excluding steroid dienone is 2. The number of hydrogen-bond donors (Lipinski definition) is 1. The van der Waals surface area contributed by atoms with Crippen LogP contribution >= 0.6 is 27.3 Å². The lowest BCUT2D eigenvalue weighted by atomic mass is 10.0. The minimum atomic E-state index is -1.08. The van der Waals surface area contributed by atoms with E-state index in [1.165, 1.54) is 31.2 Å². The van der Waals surface area contributed by atoms with Crippen molar-refractivity contribution >= 4 is 45.0 Å². The fraction of sp³-hybridized carbons (Fsp3) is 0.167. The molecular weight excluding hydrogens is 590 g/mol. The number of unbranched alkanes of at least 4 members (excludes halogenated alkanes) is 1. The van der Waals surface area contributed by atoms with E-state index in [0.717, 1.165) is 29.5 Å². The summed E-state index contributed by atoms with van der Waals surface area (Å²) in [5.41, 5.74) is 6.69. The number of benzene rings is 1. The van der Waals surface area contributed by atoms with Gasteiger partial charge in [0.1, 0.15) is 27.4 Å². The second-order valence-corrected chi connectivity index (χ2v) is 9.30. The van der Waals surface area contributed by atoms with Gasteiger partial charge in [-0.3, -0.25) is 9.59 Å². The van der Waals surface area contributed by atoms with Crippen LogP contribution in [0.15, 0.2) is 60.9 Å². The lowest BCUT2D eigenvalue weighted by Gasteiger charge is -2.05. The SMILES string of the molecule is C/C(=C\c1sc(Oc2ccc(F)c(F)c2)nc1Br)C(=O)c1c(O)cc(CCC/C=C/C(=O)N=[N+]=[N-])oc1=O. The summed E-state index contributed by atoms with van der Waals surface area (Å²) in [6, 6.07) is 4.18. The molecule has 2 heterocycles. The molecule has 1 amide bonds. The molecule has 3 aromatic rings. The van der Waals surface area contributed by atoms with Crippen LogP contribution in [-0.4, -0.2) is 21.8 Å². The monoisotopic (exact) mass is 606 g/mol. The van der Waals surface area contributed by atoms with E-state index in [0.29, 0.717) is 22.3 Å². The standard InChI is InChI=1S/C24H17BrF2N4O6S/c1-12(9-18-22(25)29-24(38-18)37-14-7-8-15(26)16(27)10-14)21(34)20-17(32)11-13(36-23(20)35)5-3-2-4-6-19(33)30-31-28/h4,6-11,32H,2-3,5H2,1H3/b6-4+,12-9+. The van der Waals surface area contributed by atoms with E-state index in [2.05, 4.69) is 30.9 Å². The van der Waals surface area contributed by atoms with E-state index >= 15 is 0 Å². The molecule has 3 rings (SSSR count). The van der Waals surface area contributed by atoms with Crippen LogP contribution in [0.25, 0.3) is 16.5 Å². The van der Waals surface area contributed by atoms with Crippen molar-refractivity contribution in [3.8, 4) is 16.7 Å². The lowest BCUT2D eigenvalue weighted by Crippen LogP contribution is -2.16. The topological polar surface area (TPSA) is 155 Å². The maximum absolute atomic E-state index is 13.4. The largest absolute Gasteiger partial charge is 0.507 e. The van der Waals surface area contributed by atoms with Crippen molar-refractivity contribution in [2.24, 2.45) is 5.11 Å². The Morgan fingerprint density at radius 3 is 2.76 bits per heavy atom. The molecule has 0 saturated heterocycles. The summed E-state index contributed by atoms with van der Waals surface area (Å²) in [6.07, 6.45) is 5.12. The number of azide groups is 1. The summed E-state index contributed by atoms with van der Waals surface area (Å²) in [5.74, 6) is -4.00. The van der Waals surface area contributed by atoms with Crippen molar-refractivity contribution in [1.82, 2.24) is 4.98 Å². The molecule has 0 saturated carbocycles. The van der Waals surface area contributed by atoms with Crippen LogP contribution in [-0.2, 0) is 11.2 Å². The van der Waals surface area contributed by atoms with Crippen LogP contribution in [0.1, 0.15) is 40.8 Å². The van der Waals surface area contributed by atoms with Gasteiger partial charge in [0.25, 0.3) is 5.19 Å². The number of nitrogens with zero attached hydrogens (tertiary/aromatic N) is 4. The highest BCUT2D eigenvalue weighted by atomic mass is 79.9. The van der Waals surface area contributed by atoms with Crippen LogP contribution in [0, 0.1) is 11.6 Å². The second-order valence-electron chi connectivity index (χ2n) is 7.55. The van der Waals surface area contributed by atoms with Gasteiger partial charge < -0.3 is 14.3 Å². The molecule has 0 aliphatic rings. The number of aromatic nitrogens is 1. The van der Waals surface area contributed by atoms with E-state index in [9.17, 15) is 28.3 Å². The number of Topliss-reactive ketones (excluding diaryl/α,β-unsaturated/α-hetero) is 1. The molecule has 196 valence electrons. The summed E-state index contributed by atoms with van der Waals surface area (Å²) in [6.45, 7) is 1.43. The average molecular weight is 607 g/mol. The molecule has 0 unspecified atom stereocenters. The predicted octanol–water partition coefficient (Wildman–Crippen LogP) is 6.64. The molecule has 1 aromatic carbocycles. The average Bonchev–Trinajstić information content (AvgIpc) is 3.19. The third-order valence-corrected chi connectivity index (χ3v) is 6.55. The van der Waals surface area contributed by atoms with E-state index < -0.39 is 40.3 Å². The van der Waals surface area contributed by atoms with Crippen LogP contribution < -0.4 is 10.4 Å². The Labute approximate surface area is 225 Å². The van der Waals surface area contributed by atoms with Gasteiger partial charge in [-0.05, 0) is 76.2 Å². The number of ether oxygens (including phenoxy) is 1. The molecule has 0 spiro atoms. The summed E-state index contributed by atoms with van der Waals surface area (Å²) in [5, 5.41) is 13.3. The van der Waals surface area contributed by atoms with Crippen molar-refractivity contribution in [2.45, 2.75) is 26.2 Å². The Morgan fingerprint density at radius 1 is 1.32 bits per heavy atom. The minimum Gasteiger partial charge on any atom is -0.507 e. The zero-order valence-corrected chi connectivity index (χ0v) is 21.9. The Hall–Kier alpha value is -4.13.